The molecule has 8 nitrogen and oxygen atoms in total. The molecule has 1 N–H and O–H groups in total. The smallest absolute Gasteiger partial charge is 0.356 e. The van der Waals surface area contributed by atoms with Crippen molar-refractivity contribution in [2.45, 2.75) is 69.9 Å². The average molecular weight is 632 g/mol. The van der Waals surface area contributed by atoms with E-state index in [2.05, 4.69) is 23.2 Å². The lowest BCUT2D eigenvalue weighted by Crippen LogP contribution is -2.60. The minimum absolute atomic E-state index is 0.117. The van der Waals surface area contributed by atoms with Crippen molar-refractivity contribution in [2.75, 3.05) is 36.4 Å². The van der Waals surface area contributed by atoms with Gasteiger partial charge in [0.15, 0.2) is 0 Å². The number of nitrogens with one attached hydrogen (secondary N) is 1. The molecule has 0 unspecified atom stereocenters. The van der Waals surface area contributed by atoms with E-state index in [-0.39, 0.29) is 18.1 Å². The first kappa shape index (κ1) is 31.5. The molecule has 1 aliphatic heterocycles. The largest absolute Gasteiger partial charge is 0.489 e. The van der Waals surface area contributed by atoms with Crippen LogP contribution >= 0.6 is 23.2 Å². The molecule has 1 saturated heterocycles. The lowest BCUT2D eigenvalue weighted by molar-refractivity contribution is -0.162. The van der Waals surface area contributed by atoms with Crippen LogP contribution in [0.5, 0.6) is 11.5 Å². The van der Waals surface area contributed by atoms with Gasteiger partial charge in [-0.05, 0) is 104 Å². The van der Waals surface area contributed by atoms with Crippen molar-refractivity contribution >= 4 is 46.7 Å². The second-order valence-corrected chi connectivity index (χ2v) is 12.8. The van der Waals surface area contributed by atoms with E-state index >= 15 is 0 Å². The van der Waals surface area contributed by atoms with Crippen LogP contribution in [-0.4, -0.2) is 60.9 Å². The topological polar surface area (TPSA) is 94.2 Å². The number of nitrogens with zero attached hydrogens (tertiary/aromatic N) is 1. The Morgan fingerprint density at radius 3 is 2.44 bits per heavy atom. The van der Waals surface area contributed by atoms with Gasteiger partial charge in [-0.2, -0.15) is 0 Å². The molecule has 2 aliphatic carbocycles. The summed E-state index contributed by atoms with van der Waals surface area (Å²) in [5, 5.41) is 3.29. The standard InChI is InChI=1S/C33H40Cl2N2O6/c1-21(38)42-30(20-41-24-6-4-23(5-7-24)37(17-15-34)18-16-35)32(40)43-25-8-10-26-22(19-25)3-9-28-27(26)13-14-33(2)29(28)11-12-31(39)36-33/h4-8,10,19,27-30H,3,9,11-18,20H2,1-2H3,(H,36,39)/t27-,28-,29+,30+,33+/m1/s1. The Bertz CT molecular complexity index is 1310. The van der Waals surface area contributed by atoms with E-state index in [1.54, 1.807) is 12.1 Å². The van der Waals surface area contributed by atoms with E-state index < -0.39 is 18.0 Å². The summed E-state index contributed by atoms with van der Waals surface area (Å²) in [6.07, 6.45) is 4.25. The number of hydrogen-bond donors (Lipinski definition) is 1. The van der Waals surface area contributed by atoms with Crippen molar-refractivity contribution in [3.63, 3.8) is 0 Å². The van der Waals surface area contributed by atoms with E-state index in [1.165, 1.54) is 18.1 Å². The van der Waals surface area contributed by atoms with Crippen LogP contribution in [0.2, 0.25) is 0 Å². The van der Waals surface area contributed by atoms with Crippen LogP contribution in [0.1, 0.15) is 63.0 Å². The van der Waals surface area contributed by atoms with E-state index in [0.717, 1.165) is 37.8 Å². The molecule has 43 heavy (non-hydrogen) atoms. The number of carbonyl (C=O) groups is 3. The van der Waals surface area contributed by atoms with Crippen LogP contribution in [-0.2, 0) is 25.5 Å². The SMILES string of the molecule is CC(=O)O[C@@H](COc1ccc(N(CCCl)CCCl)cc1)C(=O)Oc1ccc2c(c1)CC[C@@H]1[C@@H]2CC[C@]2(C)NC(=O)CC[C@@H]12. The van der Waals surface area contributed by atoms with Gasteiger partial charge in [-0.1, -0.05) is 6.07 Å². The highest BCUT2D eigenvalue weighted by Crippen LogP contribution is 2.54. The van der Waals surface area contributed by atoms with Crippen molar-refractivity contribution in [3.05, 3.63) is 53.6 Å². The molecule has 5 rings (SSSR count). The molecular formula is C33H40Cl2N2O6. The number of carbonyl (C=O) groups excluding carboxylic acids is 3. The van der Waals surface area contributed by atoms with Crippen molar-refractivity contribution in [3.8, 4) is 11.5 Å². The first-order valence-electron chi connectivity index (χ1n) is 15.1. The lowest BCUT2D eigenvalue weighted by atomic mass is 9.55. The quantitative estimate of drug-likeness (QED) is 0.196. The molecule has 3 aliphatic rings. The Labute approximate surface area is 263 Å². The normalized spacial score (nSPS) is 24.8. The molecule has 1 heterocycles. The molecule has 2 fully saturated rings. The number of fused-ring (bicyclic) bond motifs is 5. The van der Waals surface area contributed by atoms with Crippen LogP contribution < -0.4 is 19.7 Å². The Balaban J connectivity index is 1.22. The summed E-state index contributed by atoms with van der Waals surface area (Å²) >= 11 is 11.8. The van der Waals surface area contributed by atoms with Gasteiger partial charge in [-0.3, -0.25) is 9.59 Å². The molecule has 0 spiro atoms. The van der Waals surface area contributed by atoms with Gasteiger partial charge in [0, 0.05) is 49.4 Å². The van der Waals surface area contributed by atoms with Crippen LogP contribution in [0.3, 0.4) is 0 Å². The molecule has 232 valence electrons. The molecule has 1 saturated carbocycles. The third-order valence-corrected chi connectivity index (χ3v) is 9.63. The fourth-order valence-electron chi connectivity index (χ4n) is 7.33. The number of hydrogen-bond acceptors (Lipinski definition) is 7. The molecule has 0 bridgehead atoms. The molecule has 2 aromatic rings. The van der Waals surface area contributed by atoms with Crippen LogP contribution in [0.4, 0.5) is 5.69 Å². The maximum Gasteiger partial charge on any atom is 0.356 e. The fourth-order valence-corrected chi connectivity index (χ4v) is 7.74. The number of benzene rings is 2. The number of halogens is 2. The van der Waals surface area contributed by atoms with Gasteiger partial charge in [0.1, 0.15) is 18.1 Å². The second-order valence-electron chi connectivity index (χ2n) is 12.0. The predicted octanol–water partition coefficient (Wildman–Crippen LogP) is 5.61. The van der Waals surface area contributed by atoms with Gasteiger partial charge < -0.3 is 24.4 Å². The predicted molar refractivity (Wildman–Crippen MR) is 166 cm³/mol. The summed E-state index contributed by atoms with van der Waals surface area (Å²) in [5.41, 5.74) is 3.34. The van der Waals surface area contributed by atoms with Gasteiger partial charge in [-0.15, -0.1) is 23.2 Å². The zero-order chi connectivity index (χ0) is 30.6. The fraction of sp³-hybridized carbons (Fsp3) is 0.545. The van der Waals surface area contributed by atoms with Gasteiger partial charge in [0.2, 0.25) is 12.0 Å². The van der Waals surface area contributed by atoms with E-state index in [9.17, 15) is 14.4 Å². The summed E-state index contributed by atoms with van der Waals surface area (Å²) in [5.74, 6) is 2.23. The zero-order valence-electron chi connectivity index (χ0n) is 24.8. The second kappa shape index (κ2) is 13.8. The summed E-state index contributed by atoms with van der Waals surface area (Å²) in [7, 11) is 0. The lowest BCUT2D eigenvalue weighted by Gasteiger charge is -2.54. The number of rotatable bonds is 11. The molecule has 1 amide bonds. The van der Waals surface area contributed by atoms with Crippen LogP contribution in [0, 0.1) is 11.8 Å². The first-order valence-corrected chi connectivity index (χ1v) is 16.2. The number of aryl methyl sites for hydroxylation is 1. The minimum Gasteiger partial charge on any atom is -0.489 e. The first-order chi connectivity index (χ1) is 20.7. The number of alkyl halides is 2. The monoisotopic (exact) mass is 630 g/mol. The van der Waals surface area contributed by atoms with E-state index in [4.69, 9.17) is 37.4 Å². The maximum atomic E-state index is 13.1. The van der Waals surface area contributed by atoms with Crippen molar-refractivity contribution in [2.24, 2.45) is 11.8 Å². The molecule has 2 aromatic carbocycles. The summed E-state index contributed by atoms with van der Waals surface area (Å²) < 4.78 is 16.8. The molecule has 0 aromatic heterocycles. The van der Waals surface area contributed by atoms with Crippen LogP contribution in [0.15, 0.2) is 42.5 Å². The number of esters is 2. The Hall–Kier alpha value is -2.97. The van der Waals surface area contributed by atoms with E-state index in [1.807, 2.05) is 24.3 Å². The third kappa shape index (κ3) is 7.23. The summed E-state index contributed by atoms with van der Waals surface area (Å²) in [6.45, 7) is 4.60. The van der Waals surface area contributed by atoms with Crippen molar-refractivity contribution < 1.29 is 28.6 Å². The van der Waals surface area contributed by atoms with Crippen molar-refractivity contribution in [1.29, 1.82) is 0 Å². The molecular weight excluding hydrogens is 591 g/mol. The zero-order valence-corrected chi connectivity index (χ0v) is 26.3. The number of ether oxygens (including phenoxy) is 3. The Morgan fingerprint density at radius 1 is 1.02 bits per heavy atom. The number of amides is 1. The maximum absolute atomic E-state index is 13.1. The Morgan fingerprint density at radius 2 is 1.74 bits per heavy atom. The third-order valence-electron chi connectivity index (χ3n) is 9.30. The molecule has 0 radical (unpaired) electrons. The summed E-state index contributed by atoms with van der Waals surface area (Å²) in [6, 6.07) is 13.2. The van der Waals surface area contributed by atoms with Gasteiger partial charge >= 0.3 is 11.9 Å². The average Bonchev–Trinajstić information content (AvgIpc) is 2.98. The highest BCUT2D eigenvalue weighted by atomic mass is 35.5. The highest BCUT2D eigenvalue weighted by Gasteiger charge is 2.50. The van der Waals surface area contributed by atoms with Crippen molar-refractivity contribution in [1.82, 2.24) is 5.32 Å². The van der Waals surface area contributed by atoms with Gasteiger partial charge in [0.05, 0.1) is 0 Å². The van der Waals surface area contributed by atoms with E-state index in [0.29, 0.717) is 60.5 Å². The highest BCUT2D eigenvalue weighted by molar-refractivity contribution is 6.18. The number of piperidine rings is 1. The molecule has 10 heteroatoms. The van der Waals surface area contributed by atoms with Gasteiger partial charge in [0.25, 0.3) is 0 Å². The summed E-state index contributed by atoms with van der Waals surface area (Å²) in [4.78, 5) is 39.1. The van der Waals surface area contributed by atoms with Gasteiger partial charge in [-0.25, -0.2) is 4.79 Å². The van der Waals surface area contributed by atoms with Crippen LogP contribution in [0.25, 0.3) is 0 Å². The molecule has 5 atom stereocenters. The minimum atomic E-state index is -1.22. The Kier molecular flexibility index (Phi) is 10.1. The number of anilines is 1.